The van der Waals surface area contributed by atoms with E-state index in [9.17, 15) is 13.2 Å². The van der Waals surface area contributed by atoms with E-state index in [1.807, 2.05) is 13.8 Å². The van der Waals surface area contributed by atoms with E-state index >= 15 is 0 Å². The van der Waals surface area contributed by atoms with Gasteiger partial charge in [0.05, 0.1) is 0 Å². The van der Waals surface area contributed by atoms with Crippen molar-refractivity contribution in [3.8, 4) is 0 Å². The SMILES string of the molecule is CCCC(CC)NOCC(F)(F)F. The van der Waals surface area contributed by atoms with Crippen molar-refractivity contribution in [3.05, 3.63) is 0 Å². The molecule has 5 heteroatoms. The number of rotatable bonds is 6. The van der Waals surface area contributed by atoms with Crippen LogP contribution in [0, 0.1) is 0 Å². The molecule has 1 atom stereocenters. The fourth-order valence-corrected chi connectivity index (χ4v) is 0.936. The van der Waals surface area contributed by atoms with Gasteiger partial charge in [-0.2, -0.15) is 18.7 Å². The van der Waals surface area contributed by atoms with Gasteiger partial charge in [-0.1, -0.05) is 20.3 Å². The first-order valence-electron chi connectivity index (χ1n) is 4.43. The molecule has 0 fully saturated rings. The maximum absolute atomic E-state index is 11.6. The average Bonchev–Trinajstić information content (AvgIpc) is 2.01. The van der Waals surface area contributed by atoms with Crippen LogP contribution in [0.5, 0.6) is 0 Å². The van der Waals surface area contributed by atoms with Crippen molar-refractivity contribution in [1.29, 1.82) is 0 Å². The predicted molar refractivity (Wildman–Crippen MR) is 44.1 cm³/mol. The molecule has 0 radical (unpaired) electrons. The maximum atomic E-state index is 11.6. The van der Waals surface area contributed by atoms with Crippen LogP contribution in [0.25, 0.3) is 0 Å². The van der Waals surface area contributed by atoms with Gasteiger partial charge in [0.2, 0.25) is 0 Å². The van der Waals surface area contributed by atoms with Crippen LogP contribution in [-0.2, 0) is 4.84 Å². The largest absolute Gasteiger partial charge is 0.413 e. The topological polar surface area (TPSA) is 21.3 Å². The fourth-order valence-electron chi connectivity index (χ4n) is 0.936. The maximum Gasteiger partial charge on any atom is 0.413 e. The first-order chi connectivity index (χ1) is 5.99. The van der Waals surface area contributed by atoms with Crippen molar-refractivity contribution >= 4 is 0 Å². The van der Waals surface area contributed by atoms with Gasteiger partial charge in [-0.25, -0.2) is 0 Å². The summed E-state index contributed by atoms with van der Waals surface area (Å²) in [6, 6.07) is 0.0207. The Morgan fingerprint density at radius 1 is 1.31 bits per heavy atom. The summed E-state index contributed by atoms with van der Waals surface area (Å²) in [6.07, 6.45) is -1.72. The van der Waals surface area contributed by atoms with Gasteiger partial charge in [0.25, 0.3) is 0 Å². The van der Waals surface area contributed by atoms with Crippen molar-refractivity contribution in [2.45, 2.75) is 45.3 Å². The Morgan fingerprint density at radius 2 is 1.92 bits per heavy atom. The van der Waals surface area contributed by atoms with E-state index < -0.39 is 12.8 Å². The van der Waals surface area contributed by atoms with Crippen LogP contribution in [-0.4, -0.2) is 18.8 Å². The van der Waals surface area contributed by atoms with E-state index in [4.69, 9.17) is 0 Å². The molecule has 0 aromatic rings. The molecule has 0 rings (SSSR count). The molecule has 0 bridgehead atoms. The standard InChI is InChI=1S/C8H16F3NO/c1-3-5-7(4-2)12-13-6-8(9,10)11/h7,12H,3-6H2,1-2H3. The second-order valence-electron chi connectivity index (χ2n) is 2.92. The molecular weight excluding hydrogens is 183 g/mol. The third kappa shape index (κ3) is 8.05. The summed E-state index contributed by atoms with van der Waals surface area (Å²) in [5, 5.41) is 0. The molecule has 0 aromatic carbocycles. The summed E-state index contributed by atoms with van der Waals surface area (Å²) in [4.78, 5) is 4.33. The number of halogens is 3. The lowest BCUT2D eigenvalue weighted by molar-refractivity contribution is -0.193. The molecule has 0 saturated carbocycles. The van der Waals surface area contributed by atoms with E-state index in [2.05, 4.69) is 10.3 Å². The Kier molecular flexibility index (Phi) is 6.07. The minimum absolute atomic E-state index is 0.0207. The molecule has 0 spiro atoms. The number of hydrogen-bond donors (Lipinski definition) is 1. The third-order valence-electron chi connectivity index (χ3n) is 1.62. The van der Waals surface area contributed by atoms with Gasteiger partial charge in [0.1, 0.15) is 0 Å². The Labute approximate surface area is 76.4 Å². The third-order valence-corrected chi connectivity index (χ3v) is 1.62. The summed E-state index contributed by atoms with van der Waals surface area (Å²) in [5.41, 5.74) is 2.41. The van der Waals surface area contributed by atoms with Crippen LogP contribution in [0.3, 0.4) is 0 Å². The highest BCUT2D eigenvalue weighted by atomic mass is 19.4. The molecule has 1 N–H and O–H groups in total. The van der Waals surface area contributed by atoms with E-state index in [1.54, 1.807) is 0 Å². The lowest BCUT2D eigenvalue weighted by atomic mass is 10.1. The molecular formula is C8H16F3NO. The lowest BCUT2D eigenvalue weighted by Crippen LogP contribution is -2.32. The molecule has 1 unspecified atom stereocenters. The van der Waals surface area contributed by atoms with Crippen molar-refractivity contribution in [2.75, 3.05) is 6.61 Å². The Hall–Kier alpha value is -0.290. The normalized spacial score (nSPS) is 14.5. The van der Waals surface area contributed by atoms with Gasteiger partial charge in [-0.05, 0) is 12.8 Å². The van der Waals surface area contributed by atoms with E-state index in [0.29, 0.717) is 0 Å². The van der Waals surface area contributed by atoms with E-state index in [0.717, 1.165) is 19.3 Å². The highest BCUT2D eigenvalue weighted by Gasteiger charge is 2.28. The summed E-state index contributed by atoms with van der Waals surface area (Å²) in [5.74, 6) is 0. The molecule has 2 nitrogen and oxygen atoms in total. The van der Waals surface area contributed by atoms with Gasteiger partial charge >= 0.3 is 6.18 Å². The molecule has 0 aliphatic carbocycles. The molecule has 0 saturated heterocycles. The van der Waals surface area contributed by atoms with E-state index in [-0.39, 0.29) is 6.04 Å². The molecule has 0 aliphatic rings. The zero-order chi connectivity index (χ0) is 10.3. The summed E-state index contributed by atoms with van der Waals surface area (Å²) in [7, 11) is 0. The van der Waals surface area contributed by atoms with Crippen LogP contribution in [0.1, 0.15) is 33.1 Å². The molecule has 13 heavy (non-hydrogen) atoms. The van der Waals surface area contributed by atoms with Gasteiger partial charge in [0.15, 0.2) is 6.61 Å². The predicted octanol–water partition coefficient (Wildman–Crippen LogP) is 2.65. The van der Waals surface area contributed by atoms with Crippen LogP contribution < -0.4 is 5.48 Å². The lowest BCUT2D eigenvalue weighted by Gasteiger charge is -2.16. The Balaban J connectivity index is 3.49. The summed E-state index contributed by atoms with van der Waals surface area (Å²) < 4.78 is 34.9. The van der Waals surface area contributed by atoms with Crippen LogP contribution in [0.15, 0.2) is 0 Å². The summed E-state index contributed by atoms with van der Waals surface area (Å²) in [6.45, 7) is 2.66. The molecule has 0 heterocycles. The Bertz CT molecular complexity index is 127. The van der Waals surface area contributed by atoms with Crippen molar-refractivity contribution in [1.82, 2.24) is 5.48 Å². The molecule has 80 valence electrons. The minimum Gasteiger partial charge on any atom is -0.292 e. The molecule has 0 aliphatic heterocycles. The number of nitrogens with one attached hydrogen (secondary N) is 1. The van der Waals surface area contributed by atoms with Gasteiger partial charge in [-0.15, -0.1) is 0 Å². The highest BCUT2D eigenvalue weighted by Crippen LogP contribution is 2.14. The highest BCUT2D eigenvalue weighted by molar-refractivity contribution is 4.58. The van der Waals surface area contributed by atoms with Crippen LogP contribution in [0.4, 0.5) is 13.2 Å². The van der Waals surface area contributed by atoms with Gasteiger partial charge in [-0.3, -0.25) is 4.84 Å². The molecule has 0 amide bonds. The Morgan fingerprint density at radius 3 is 2.31 bits per heavy atom. The average molecular weight is 199 g/mol. The smallest absolute Gasteiger partial charge is 0.292 e. The number of alkyl halides is 3. The number of hydroxylamine groups is 1. The van der Waals surface area contributed by atoms with E-state index in [1.165, 1.54) is 0 Å². The quantitative estimate of drug-likeness (QED) is 0.664. The van der Waals surface area contributed by atoms with Crippen molar-refractivity contribution in [2.24, 2.45) is 0 Å². The zero-order valence-electron chi connectivity index (χ0n) is 7.95. The number of hydrogen-bond acceptors (Lipinski definition) is 2. The summed E-state index contributed by atoms with van der Waals surface area (Å²) >= 11 is 0. The van der Waals surface area contributed by atoms with Crippen LogP contribution >= 0.6 is 0 Å². The monoisotopic (exact) mass is 199 g/mol. The minimum atomic E-state index is -4.25. The van der Waals surface area contributed by atoms with Crippen LogP contribution in [0.2, 0.25) is 0 Å². The second-order valence-corrected chi connectivity index (χ2v) is 2.92. The van der Waals surface area contributed by atoms with Gasteiger partial charge in [0, 0.05) is 6.04 Å². The second kappa shape index (κ2) is 6.21. The first-order valence-corrected chi connectivity index (χ1v) is 4.43. The molecule has 0 aromatic heterocycles. The van der Waals surface area contributed by atoms with Crippen molar-refractivity contribution in [3.63, 3.8) is 0 Å². The zero-order valence-corrected chi connectivity index (χ0v) is 7.95. The first kappa shape index (κ1) is 12.7. The van der Waals surface area contributed by atoms with Crippen molar-refractivity contribution < 1.29 is 18.0 Å². The fraction of sp³-hybridized carbons (Fsp3) is 1.00. The van der Waals surface area contributed by atoms with Gasteiger partial charge < -0.3 is 0 Å².